The quantitative estimate of drug-likeness (QED) is 0.713. The van der Waals surface area contributed by atoms with Crippen LogP contribution in [-0.4, -0.2) is 0 Å². The van der Waals surface area contributed by atoms with Crippen molar-refractivity contribution in [2.45, 2.75) is 40.0 Å². The zero-order chi connectivity index (χ0) is 10.6. The minimum Gasteiger partial charge on any atom is -0.198 e. The summed E-state index contributed by atoms with van der Waals surface area (Å²) in [5.74, 6) is 0. The average Bonchev–Trinajstić information content (AvgIpc) is 2.20. The third-order valence-electron chi connectivity index (χ3n) is 2.60. The second kappa shape index (κ2) is 4.81. The molecule has 0 aliphatic heterocycles. The maximum absolute atomic E-state index is 8.78. The van der Waals surface area contributed by atoms with Gasteiger partial charge in [-0.3, -0.25) is 0 Å². The van der Waals surface area contributed by atoms with Gasteiger partial charge >= 0.3 is 0 Å². The molecular formula is C13H17N. The van der Waals surface area contributed by atoms with E-state index in [2.05, 4.69) is 39.0 Å². The number of nitrogens with zero attached hydrogens (tertiary/aromatic N) is 1. The maximum atomic E-state index is 8.78. The van der Waals surface area contributed by atoms with Gasteiger partial charge in [-0.2, -0.15) is 5.26 Å². The zero-order valence-electron chi connectivity index (χ0n) is 9.22. The van der Waals surface area contributed by atoms with Crippen LogP contribution < -0.4 is 0 Å². The van der Waals surface area contributed by atoms with Gasteiger partial charge in [0.25, 0.3) is 0 Å². The number of hydrogen-bond acceptors (Lipinski definition) is 1. The van der Waals surface area contributed by atoms with Crippen LogP contribution in [0.3, 0.4) is 0 Å². The van der Waals surface area contributed by atoms with Crippen LogP contribution in [-0.2, 0) is 19.3 Å². The van der Waals surface area contributed by atoms with Crippen molar-refractivity contribution in [2.24, 2.45) is 0 Å². The van der Waals surface area contributed by atoms with Gasteiger partial charge in [0.1, 0.15) is 0 Å². The molecule has 1 heteroatoms. The molecule has 0 bridgehead atoms. The van der Waals surface area contributed by atoms with Crippen LogP contribution in [0.2, 0.25) is 0 Å². The first-order valence-corrected chi connectivity index (χ1v) is 5.21. The Kier molecular flexibility index (Phi) is 3.71. The number of aryl methyl sites for hydroxylation is 3. The lowest BCUT2D eigenvalue weighted by atomic mass is 9.93. The fourth-order valence-electron chi connectivity index (χ4n) is 1.91. The molecular weight excluding hydrogens is 170 g/mol. The lowest BCUT2D eigenvalue weighted by molar-refractivity contribution is 1.01. The van der Waals surface area contributed by atoms with E-state index >= 15 is 0 Å². The molecule has 0 spiro atoms. The molecule has 1 aromatic carbocycles. The Balaban J connectivity index is 3.26. The lowest BCUT2D eigenvalue weighted by Gasteiger charge is -2.11. The summed E-state index contributed by atoms with van der Waals surface area (Å²) in [5.41, 5.74) is 5.23. The Labute approximate surface area is 86.4 Å². The predicted octanol–water partition coefficient (Wildman–Crippen LogP) is 3.19. The van der Waals surface area contributed by atoms with E-state index in [4.69, 9.17) is 5.26 Å². The van der Waals surface area contributed by atoms with Crippen molar-refractivity contribution in [2.75, 3.05) is 0 Å². The Morgan fingerprint density at radius 2 is 1.64 bits per heavy atom. The van der Waals surface area contributed by atoms with Gasteiger partial charge in [0.2, 0.25) is 0 Å². The highest BCUT2D eigenvalue weighted by atomic mass is 14.2. The molecule has 0 atom stereocenters. The highest BCUT2D eigenvalue weighted by molar-refractivity contribution is 5.40. The summed E-state index contributed by atoms with van der Waals surface area (Å²) < 4.78 is 0. The summed E-state index contributed by atoms with van der Waals surface area (Å²) in [4.78, 5) is 0. The van der Waals surface area contributed by atoms with E-state index in [1.807, 2.05) is 0 Å². The summed E-state index contributed by atoms with van der Waals surface area (Å²) in [6, 6.07) is 6.65. The van der Waals surface area contributed by atoms with Crippen LogP contribution in [0.25, 0.3) is 0 Å². The molecule has 0 saturated heterocycles. The normalized spacial score (nSPS) is 9.86. The topological polar surface area (TPSA) is 23.8 Å². The highest BCUT2D eigenvalue weighted by Gasteiger charge is 2.06. The van der Waals surface area contributed by atoms with Crippen molar-refractivity contribution in [3.8, 4) is 6.07 Å². The van der Waals surface area contributed by atoms with Crippen LogP contribution in [0.15, 0.2) is 12.1 Å². The first-order chi connectivity index (χ1) is 6.72. The Morgan fingerprint density at radius 1 is 1.14 bits per heavy atom. The van der Waals surface area contributed by atoms with Gasteiger partial charge in [-0.1, -0.05) is 31.5 Å². The lowest BCUT2D eigenvalue weighted by Crippen LogP contribution is -1.99. The number of rotatable bonds is 3. The maximum Gasteiger partial charge on any atom is 0.0669 e. The SMILES string of the molecule is CCc1cc(C)cc(CC)c1CC#N. The molecule has 0 saturated carbocycles. The largest absolute Gasteiger partial charge is 0.198 e. The number of benzene rings is 1. The van der Waals surface area contributed by atoms with Crippen molar-refractivity contribution < 1.29 is 0 Å². The monoisotopic (exact) mass is 187 g/mol. The fraction of sp³-hybridized carbons (Fsp3) is 0.462. The zero-order valence-corrected chi connectivity index (χ0v) is 9.22. The van der Waals surface area contributed by atoms with Gasteiger partial charge in [0.05, 0.1) is 12.5 Å². The van der Waals surface area contributed by atoms with Crippen LogP contribution in [0.4, 0.5) is 0 Å². The first-order valence-electron chi connectivity index (χ1n) is 5.21. The molecule has 0 N–H and O–H groups in total. The summed E-state index contributed by atoms with van der Waals surface area (Å²) in [7, 11) is 0. The molecule has 0 aliphatic rings. The van der Waals surface area contributed by atoms with Crippen molar-refractivity contribution in [1.82, 2.24) is 0 Å². The standard InChI is InChI=1S/C13H17N/c1-4-11-8-10(3)9-12(5-2)13(11)6-7-14/h8-9H,4-6H2,1-3H3. The minimum atomic E-state index is 0.548. The molecule has 0 fully saturated rings. The van der Waals surface area contributed by atoms with Gasteiger partial charge in [0, 0.05) is 0 Å². The van der Waals surface area contributed by atoms with Crippen LogP contribution in [0, 0.1) is 18.3 Å². The fourth-order valence-corrected chi connectivity index (χ4v) is 1.91. The van der Waals surface area contributed by atoms with Crippen molar-refractivity contribution in [3.05, 3.63) is 34.4 Å². The molecule has 1 nitrogen and oxygen atoms in total. The Bertz CT molecular complexity index is 333. The minimum absolute atomic E-state index is 0.548. The van der Waals surface area contributed by atoms with Gasteiger partial charge in [0.15, 0.2) is 0 Å². The summed E-state index contributed by atoms with van der Waals surface area (Å²) in [6.45, 7) is 6.42. The van der Waals surface area contributed by atoms with E-state index in [0.29, 0.717) is 6.42 Å². The van der Waals surface area contributed by atoms with Crippen LogP contribution in [0.5, 0.6) is 0 Å². The molecule has 0 heterocycles. The van der Waals surface area contributed by atoms with Gasteiger partial charge in [-0.15, -0.1) is 0 Å². The third-order valence-corrected chi connectivity index (χ3v) is 2.60. The predicted molar refractivity (Wildman–Crippen MR) is 59.3 cm³/mol. The molecule has 1 rings (SSSR count). The van der Waals surface area contributed by atoms with Crippen LogP contribution in [0.1, 0.15) is 36.1 Å². The van der Waals surface area contributed by atoms with Gasteiger partial charge in [-0.05, 0) is 36.5 Å². The van der Waals surface area contributed by atoms with E-state index in [1.54, 1.807) is 0 Å². The molecule has 0 aromatic heterocycles. The second-order valence-electron chi connectivity index (χ2n) is 3.60. The number of hydrogen-bond donors (Lipinski definition) is 0. The molecule has 0 aliphatic carbocycles. The molecule has 1 aromatic rings. The second-order valence-corrected chi connectivity index (χ2v) is 3.60. The third kappa shape index (κ3) is 2.14. The van der Waals surface area contributed by atoms with Crippen molar-refractivity contribution in [1.29, 1.82) is 5.26 Å². The van der Waals surface area contributed by atoms with Crippen molar-refractivity contribution in [3.63, 3.8) is 0 Å². The first kappa shape index (κ1) is 10.8. The average molecular weight is 187 g/mol. The van der Waals surface area contributed by atoms with Crippen molar-refractivity contribution >= 4 is 0 Å². The molecule has 0 radical (unpaired) electrons. The van der Waals surface area contributed by atoms with Gasteiger partial charge in [-0.25, -0.2) is 0 Å². The van der Waals surface area contributed by atoms with Crippen LogP contribution >= 0.6 is 0 Å². The molecule has 74 valence electrons. The van der Waals surface area contributed by atoms with E-state index in [9.17, 15) is 0 Å². The smallest absolute Gasteiger partial charge is 0.0669 e. The van der Waals surface area contributed by atoms with Gasteiger partial charge < -0.3 is 0 Å². The van der Waals surface area contributed by atoms with E-state index < -0.39 is 0 Å². The molecule has 14 heavy (non-hydrogen) atoms. The van der Waals surface area contributed by atoms with E-state index in [0.717, 1.165) is 12.8 Å². The number of nitriles is 1. The Morgan fingerprint density at radius 3 is 2.00 bits per heavy atom. The Hall–Kier alpha value is -1.29. The molecule has 0 amide bonds. The van der Waals surface area contributed by atoms with E-state index in [1.165, 1.54) is 22.3 Å². The molecule has 0 unspecified atom stereocenters. The highest BCUT2D eigenvalue weighted by Crippen LogP contribution is 2.19. The van der Waals surface area contributed by atoms with E-state index in [-0.39, 0.29) is 0 Å². The summed E-state index contributed by atoms with van der Waals surface area (Å²) in [6.07, 6.45) is 2.59. The summed E-state index contributed by atoms with van der Waals surface area (Å²) in [5, 5.41) is 8.78. The summed E-state index contributed by atoms with van der Waals surface area (Å²) >= 11 is 0.